The lowest BCUT2D eigenvalue weighted by atomic mass is 9.93. The van der Waals surface area contributed by atoms with E-state index in [2.05, 4.69) is 0 Å². The molecule has 104 valence electrons. The normalized spacial score (nSPS) is 12.2. The monoisotopic (exact) mass is 270 g/mol. The van der Waals surface area contributed by atoms with Crippen molar-refractivity contribution in [2.75, 3.05) is 6.61 Å². The van der Waals surface area contributed by atoms with Gasteiger partial charge in [0.25, 0.3) is 0 Å². The minimum Gasteiger partial charge on any atom is -0.396 e. The fourth-order valence-corrected chi connectivity index (χ4v) is 2.28. The van der Waals surface area contributed by atoms with Crippen molar-refractivity contribution in [3.63, 3.8) is 0 Å². The molecule has 0 amide bonds. The Labute approximate surface area is 118 Å². The molecule has 1 unspecified atom stereocenters. The topological polar surface area (TPSA) is 57.5 Å². The van der Waals surface area contributed by atoms with Gasteiger partial charge in [-0.15, -0.1) is 0 Å². The molecule has 0 radical (unpaired) electrons. The first kappa shape index (κ1) is 14.4. The summed E-state index contributed by atoms with van der Waals surface area (Å²) in [7, 11) is 0. The van der Waals surface area contributed by atoms with Crippen LogP contribution in [0, 0.1) is 6.92 Å². The average Bonchev–Trinajstić information content (AvgIpc) is 2.49. The molecule has 3 nitrogen and oxygen atoms in total. The fourth-order valence-electron chi connectivity index (χ4n) is 2.28. The highest BCUT2D eigenvalue weighted by molar-refractivity contribution is 6.01. The summed E-state index contributed by atoms with van der Waals surface area (Å²) in [6.45, 7) is 1.88. The highest BCUT2D eigenvalue weighted by atomic mass is 16.3. The van der Waals surface area contributed by atoms with Crippen LogP contribution in [0.4, 0.5) is 0 Å². The van der Waals surface area contributed by atoms with E-state index in [-0.39, 0.29) is 12.4 Å². The molecule has 2 aromatic carbocycles. The van der Waals surface area contributed by atoms with E-state index in [1.807, 2.05) is 19.1 Å². The molecule has 0 fully saturated rings. The maximum atomic E-state index is 12.4. The largest absolute Gasteiger partial charge is 0.396 e. The predicted molar refractivity (Wildman–Crippen MR) is 77.7 cm³/mol. The third kappa shape index (κ3) is 2.95. The second-order valence-corrected chi connectivity index (χ2v) is 4.74. The van der Waals surface area contributed by atoms with Gasteiger partial charge in [0.05, 0.1) is 0 Å². The number of aliphatic hydroxyl groups is 2. The van der Waals surface area contributed by atoms with Crippen LogP contribution in [0.25, 0.3) is 0 Å². The molecule has 0 aromatic heterocycles. The van der Waals surface area contributed by atoms with Gasteiger partial charge in [-0.2, -0.15) is 0 Å². The lowest BCUT2D eigenvalue weighted by molar-refractivity contribution is 0.0746. The van der Waals surface area contributed by atoms with Gasteiger partial charge in [-0.05, 0) is 30.0 Å². The van der Waals surface area contributed by atoms with Gasteiger partial charge >= 0.3 is 0 Å². The number of rotatable bonds is 5. The minimum atomic E-state index is -1.15. The first-order valence-corrected chi connectivity index (χ1v) is 6.61. The van der Waals surface area contributed by atoms with Gasteiger partial charge in [0.15, 0.2) is 5.78 Å². The second-order valence-electron chi connectivity index (χ2n) is 4.74. The first-order chi connectivity index (χ1) is 9.65. The van der Waals surface area contributed by atoms with Crippen molar-refractivity contribution < 1.29 is 15.0 Å². The number of benzene rings is 2. The molecular formula is C17H18O3. The Morgan fingerprint density at radius 2 is 1.80 bits per heavy atom. The molecule has 2 aromatic rings. The van der Waals surface area contributed by atoms with Gasteiger partial charge in [-0.25, -0.2) is 0 Å². The van der Waals surface area contributed by atoms with Gasteiger partial charge in [0.2, 0.25) is 0 Å². The number of Topliss-reactive ketones (excluding diaryl/α,β-unsaturated/α-hetero) is 1. The van der Waals surface area contributed by atoms with Crippen molar-refractivity contribution in [2.24, 2.45) is 0 Å². The number of hydrogen-bond acceptors (Lipinski definition) is 3. The van der Waals surface area contributed by atoms with E-state index in [1.54, 1.807) is 36.4 Å². The zero-order valence-electron chi connectivity index (χ0n) is 11.4. The van der Waals surface area contributed by atoms with Gasteiger partial charge < -0.3 is 10.2 Å². The Bertz CT molecular complexity index is 590. The summed E-state index contributed by atoms with van der Waals surface area (Å²) in [5.74, 6) is -0.312. The summed E-state index contributed by atoms with van der Waals surface area (Å²) in [5, 5.41) is 19.2. The van der Waals surface area contributed by atoms with E-state index in [4.69, 9.17) is 5.11 Å². The zero-order valence-corrected chi connectivity index (χ0v) is 11.4. The second kappa shape index (κ2) is 6.46. The Hall–Kier alpha value is -1.97. The van der Waals surface area contributed by atoms with Crippen LogP contribution in [0.15, 0.2) is 48.5 Å². The fraction of sp³-hybridized carbons (Fsp3) is 0.235. The van der Waals surface area contributed by atoms with E-state index in [0.29, 0.717) is 17.5 Å². The van der Waals surface area contributed by atoms with Gasteiger partial charge in [0, 0.05) is 12.2 Å². The van der Waals surface area contributed by atoms with E-state index < -0.39 is 6.10 Å². The van der Waals surface area contributed by atoms with Crippen molar-refractivity contribution in [3.8, 4) is 0 Å². The number of hydrogen-bond donors (Lipinski definition) is 2. The van der Waals surface area contributed by atoms with Gasteiger partial charge in [-0.1, -0.05) is 48.5 Å². The first-order valence-electron chi connectivity index (χ1n) is 6.61. The summed E-state index contributed by atoms with van der Waals surface area (Å²) in [4.78, 5) is 12.4. The van der Waals surface area contributed by atoms with Crippen LogP contribution in [0.5, 0.6) is 0 Å². The number of carbonyl (C=O) groups is 1. The van der Waals surface area contributed by atoms with Gasteiger partial charge in [0.1, 0.15) is 6.10 Å². The van der Waals surface area contributed by atoms with E-state index in [1.165, 1.54) is 0 Å². The summed E-state index contributed by atoms with van der Waals surface area (Å²) < 4.78 is 0. The molecule has 0 spiro atoms. The maximum Gasteiger partial charge on any atom is 0.196 e. The van der Waals surface area contributed by atoms with Crippen molar-refractivity contribution in [2.45, 2.75) is 19.4 Å². The highest BCUT2D eigenvalue weighted by Gasteiger charge is 2.21. The lowest BCUT2D eigenvalue weighted by Crippen LogP contribution is -2.14. The predicted octanol–water partition coefficient (Wildman–Crippen LogP) is 2.45. The van der Waals surface area contributed by atoms with Crippen LogP contribution in [0.1, 0.15) is 33.2 Å². The van der Waals surface area contributed by atoms with Crippen molar-refractivity contribution in [3.05, 3.63) is 70.8 Å². The summed E-state index contributed by atoms with van der Waals surface area (Å²) >= 11 is 0. The van der Waals surface area contributed by atoms with E-state index >= 15 is 0 Å². The molecule has 2 rings (SSSR count). The molecule has 0 saturated heterocycles. The average molecular weight is 270 g/mol. The molecule has 0 aliphatic carbocycles. The quantitative estimate of drug-likeness (QED) is 0.820. The van der Waals surface area contributed by atoms with Crippen molar-refractivity contribution >= 4 is 5.78 Å². The maximum absolute atomic E-state index is 12.4. The Morgan fingerprint density at radius 1 is 1.10 bits per heavy atom. The Morgan fingerprint density at radius 3 is 2.45 bits per heavy atom. The molecule has 20 heavy (non-hydrogen) atoms. The highest BCUT2D eigenvalue weighted by Crippen LogP contribution is 2.22. The standard InChI is InChI=1S/C17H18O3/c1-12-13(10-11-18)8-5-9-15(12)17(20)16(19)14-6-3-2-4-7-14/h2-9,16,18-19H,10-11H2,1H3. The third-order valence-electron chi connectivity index (χ3n) is 3.46. The Kier molecular flexibility index (Phi) is 4.66. The Balaban J connectivity index is 2.32. The molecular weight excluding hydrogens is 252 g/mol. The molecule has 2 N–H and O–H groups in total. The number of aliphatic hydroxyl groups excluding tert-OH is 2. The van der Waals surface area contributed by atoms with Crippen molar-refractivity contribution in [1.29, 1.82) is 0 Å². The van der Waals surface area contributed by atoms with Crippen LogP contribution in [-0.4, -0.2) is 22.6 Å². The molecule has 3 heteroatoms. The smallest absolute Gasteiger partial charge is 0.196 e. The van der Waals surface area contributed by atoms with Crippen LogP contribution in [0.3, 0.4) is 0 Å². The van der Waals surface area contributed by atoms with Gasteiger partial charge in [-0.3, -0.25) is 4.79 Å². The van der Waals surface area contributed by atoms with E-state index in [9.17, 15) is 9.90 Å². The van der Waals surface area contributed by atoms with Crippen LogP contribution in [0.2, 0.25) is 0 Å². The molecule has 0 aliphatic rings. The number of carbonyl (C=O) groups excluding carboxylic acids is 1. The zero-order chi connectivity index (χ0) is 14.5. The van der Waals surface area contributed by atoms with Crippen LogP contribution < -0.4 is 0 Å². The molecule has 1 atom stereocenters. The third-order valence-corrected chi connectivity index (χ3v) is 3.46. The van der Waals surface area contributed by atoms with Crippen molar-refractivity contribution in [1.82, 2.24) is 0 Å². The SMILES string of the molecule is Cc1c(CCO)cccc1C(=O)C(O)c1ccccc1. The summed E-state index contributed by atoms with van der Waals surface area (Å²) in [6.07, 6.45) is -0.645. The molecule has 0 bridgehead atoms. The summed E-state index contributed by atoms with van der Waals surface area (Å²) in [6, 6.07) is 14.3. The van der Waals surface area contributed by atoms with Crippen LogP contribution in [-0.2, 0) is 6.42 Å². The van der Waals surface area contributed by atoms with Crippen LogP contribution >= 0.6 is 0 Å². The molecule has 0 aliphatic heterocycles. The lowest BCUT2D eigenvalue weighted by Gasteiger charge is -2.14. The number of ketones is 1. The van der Waals surface area contributed by atoms with E-state index in [0.717, 1.165) is 11.1 Å². The molecule has 0 saturated carbocycles. The minimum absolute atomic E-state index is 0.0414. The summed E-state index contributed by atoms with van der Waals surface area (Å²) in [5.41, 5.74) is 2.84. The molecule has 0 heterocycles.